The van der Waals surface area contributed by atoms with E-state index in [-0.39, 0.29) is 5.91 Å². The zero-order valence-corrected chi connectivity index (χ0v) is 11.6. The number of aromatic nitrogens is 2. The summed E-state index contributed by atoms with van der Waals surface area (Å²) in [5.74, 6) is -0.215. The van der Waals surface area contributed by atoms with Crippen LogP contribution in [0.4, 0.5) is 5.13 Å². The van der Waals surface area contributed by atoms with Crippen LogP contribution < -0.4 is 11.1 Å². The summed E-state index contributed by atoms with van der Waals surface area (Å²) in [5.41, 5.74) is 6.73. The van der Waals surface area contributed by atoms with Crippen LogP contribution in [0.2, 0.25) is 0 Å². The van der Waals surface area contributed by atoms with Gasteiger partial charge in [-0.3, -0.25) is 4.79 Å². The third-order valence-corrected chi connectivity index (χ3v) is 3.88. The highest BCUT2D eigenvalue weighted by Gasteiger charge is 2.10. The second kappa shape index (κ2) is 5.92. The van der Waals surface area contributed by atoms with Gasteiger partial charge >= 0.3 is 0 Å². The molecular formula is C11H14N4OS2. The van der Waals surface area contributed by atoms with E-state index < -0.39 is 0 Å². The van der Waals surface area contributed by atoms with Crippen molar-refractivity contribution in [2.24, 2.45) is 0 Å². The van der Waals surface area contributed by atoms with Crippen molar-refractivity contribution in [2.45, 2.75) is 26.3 Å². The molecule has 0 aliphatic heterocycles. The van der Waals surface area contributed by atoms with Gasteiger partial charge in [0, 0.05) is 10.8 Å². The summed E-state index contributed by atoms with van der Waals surface area (Å²) in [6.45, 7) is 2.55. The molecule has 7 heteroatoms. The van der Waals surface area contributed by atoms with E-state index in [9.17, 15) is 4.79 Å². The average Bonchev–Trinajstić information content (AvgIpc) is 2.96. The van der Waals surface area contributed by atoms with Gasteiger partial charge in [0.25, 0.3) is 5.91 Å². The Hall–Kier alpha value is -1.47. The van der Waals surface area contributed by atoms with Gasteiger partial charge in [-0.2, -0.15) is 0 Å². The first-order valence-electron chi connectivity index (χ1n) is 5.61. The molecule has 0 aliphatic carbocycles. The number of carbonyl (C=O) groups excluding carboxylic acids is 1. The molecule has 3 N–H and O–H groups in total. The Kier molecular flexibility index (Phi) is 4.27. The summed E-state index contributed by atoms with van der Waals surface area (Å²) in [4.78, 5) is 20.1. The molecule has 0 fully saturated rings. The maximum Gasteiger partial charge on any atom is 0.271 e. The number of rotatable bonds is 5. The number of hydrogen-bond acceptors (Lipinski definition) is 6. The highest BCUT2D eigenvalue weighted by Crippen LogP contribution is 2.13. The highest BCUT2D eigenvalue weighted by molar-refractivity contribution is 7.13. The van der Waals surface area contributed by atoms with Gasteiger partial charge in [-0.05, 0) is 12.8 Å². The number of nitrogens with zero attached hydrogens (tertiary/aromatic N) is 2. The fourth-order valence-electron chi connectivity index (χ4n) is 1.41. The molecule has 96 valence electrons. The fraction of sp³-hybridized carbons (Fsp3) is 0.364. The van der Waals surface area contributed by atoms with E-state index in [2.05, 4.69) is 22.2 Å². The van der Waals surface area contributed by atoms with E-state index in [0.717, 1.165) is 23.5 Å². The monoisotopic (exact) mass is 282 g/mol. The summed E-state index contributed by atoms with van der Waals surface area (Å²) >= 11 is 2.89. The molecule has 0 bridgehead atoms. The quantitative estimate of drug-likeness (QED) is 0.879. The lowest BCUT2D eigenvalue weighted by molar-refractivity contribution is 0.0946. The molecule has 2 aromatic heterocycles. The molecule has 0 saturated heterocycles. The van der Waals surface area contributed by atoms with Crippen LogP contribution in [0.25, 0.3) is 0 Å². The second-order valence-corrected chi connectivity index (χ2v) is 5.57. The van der Waals surface area contributed by atoms with Gasteiger partial charge in [0.1, 0.15) is 5.69 Å². The smallest absolute Gasteiger partial charge is 0.271 e. The highest BCUT2D eigenvalue weighted by atomic mass is 32.1. The van der Waals surface area contributed by atoms with Crippen LogP contribution in [0.15, 0.2) is 10.8 Å². The van der Waals surface area contributed by atoms with Crippen molar-refractivity contribution in [2.75, 3.05) is 5.73 Å². The Morgan fingerprint density at radius 3 is 2.89 bits per heavy atom. The molecule has 5 nitrogen and oxygen atoms in total. The number of nitrogen functional groups attached to an aromatic ring is 1. The minimum atomic E-state index is -0.215. The first kappa shape index (κ1) is 13.0. The van der Waals surface area contributed by atoms with Crippen LogP contribution in [-0.2, 0) is 13.0 Å². The number of thiazole rings is 2. The number of amides is 1. The molecule has 18 heavy (non-hydrogen) atoms. The van der Waals surface area contributed by atoms with Crippen molar-refractivity contribution in [1.82, 2.24) is 15.3 Å². The fourth-order valence-corrected chi connectivity index (χ4v) is 2.86. The zero-order valence-electron chi connectivity index (χ0n) is 9.97. The first-order chi connectivity index (χ1) is 8.69. The Labute approximate surface area is 113 Å². The number of aryl methyl sites for hydroxylation is 1. The van der Waals surface area contributed by atoms with E-state index in [0.29, 0.717) is 17.4 Å². The standard InChI is InChI=1S/C11H14N4OS2/c1-2-3-9-14-7(5-17-9)4-13-10(16)8-6-18-11(12)15-8/h5-6H,2-4H2,1H3,(H2,12,15)(H,13,16). The van der Waals surface area contributed by atoms with Crippen molar-refractivity contribution < 1.29 is 4.79 Å². The first-order valence-corrected chi connectivity index (χ1v) is 7.37. The molecule has 0 saturated carbocycles. The Balaban J connectivity index is 1.88. The van der Waals surface area contributed by atoms with E-state index in [1.54, 1.807) is 16.7 Å². The number of anilines is 1. The molecule has 0 radical (unpaired) electrons. The summed E-state index contributed by atoms with van der Waals surface area (Å²) < 4.78 is 0. The topological polar surface area (TPSA) is 80.9 Å². The van der Waals surface area contributed by atoms with Gasteiger partial charge in [-0.15, -0.1) is 22.7 Å². The summed E-state index contributed by atoms with van der Waals surface area (Å²) in [6, 6.07) is 0. The lowest BCUT2D eigenvalue weighted by Crippen LogP contribution is -2.23. The van der Waals surface area contributed by atoms with Gasteiger partial charge in [0.15, 0.2) is 5.13 Å². The largest absolute Gasteiger partial charge is 0.375 e. The lowest BCUT2D eigenvalue weighted by Gasteiger charge is -1.99. The maximum absolute atomic E-state index is 11.7. The average molecular weight is 282 g/mol. The summed E-state index contributed by atoms with van der Waals surface area (Å²) in [5, 5.41) is 7.91. The SMILES string of the molecule is CCCc1nc(CNC(=O)c2csc(N)n2)cs1. The van der Waals surface area contributed by atoms with Crippen molar-refractivity contribution >= 4 is 33.7 Å². The molecule has 1 amide bonds. The minimum absolute atomic E-state index is 0.215. The van der Waals surface area contributed by atoms with Gasteiger partial charge < -0.3 is 11.1 Å². The molecule has 0 atom stereocenters. The molecule has 0 spiro atoms. The molecule has 0 unspecified atom stereocenters. The van der Waals surface area contributed by atoms with Gasteiger partial charge in [0.05, 0.1) is 17.2 Å². The van der Waals surface area contributed by atoms with Crippen molar-refractivity contribution in [3.8, 4) is 0 Å². The van der Waals surface area contributed by atoms with Crippen molar-refractivity contribution in [3.63, 3.8) is 0 Å². The predicted molar refractivity (Wildman–Crippen MR) is 73.8 cm³/mol. The van der Waals surface area contributed by atoms with E-state index in [4.69, 9.17) is 5.73 Å². The summed E-state index contributed by atoms with van der Waals surface area (Å²) in [6.07, 6.45) is 2.07. The third kappa shape index (κ3) is 3.27. The normalized spacial score (nSPS) is 10.5. The molecular weight excluding hydrogens is 268 g/mol. The maximum atomic E-state index is 11.7. The van der Waals surface area contributed by atoms with Crippen LogP contribution in [0, 0.1) is 0 Å². The van der Waals surface area contributed by atoms with Crippen LogP contribution in [0.5, 0.6) is 0 Å². The molecule has 2 aromatic rings. The van der Waals surface area contributed by atoms with E-state index in [1.807, 2.05) is 5.38 Å². The Bertz CT molecular complexity index is 535. The minimum Gasteiger partial charge on any atom is -0.375 e. The van der Waals surface area contributed by atoms with Crippen LogP contribution in [0.1, 0.15) is 34.5 Å². The van der Waals surface area contributed by atoms with Gasteiger partial charge in [-0.25, -0.2) is 9.97 Å². The van der Waals surface area contributed by atoms with Crippen molar-refractivity contribution in [3.05, 3.63) is 27.2 Å². The van der Waals surface area contributed by atoms with Crippen LogP contribution >= 0.6 is 22.7 Å². The third-order valence-electron chi connectivity index (χ3n) is 2.25. The second-order valence-electron chi connectivity index (χ2n) is 3.74. The van der Waals surface area contributed by atoms with Crippen LogP contribution in [-0.4, -0.2) is 15.9 Å². The molecule has 2 heterocycles. The molecule has 0 aromatic carbocycles. The van der Waals surface area contributed by atoms with E-state index >= 15 is 0 Å². The van der Waals surface area contributed by atoms with Crippen molar-refractivity contribution in [1.29, 1.82) is 0 Å². The Morgan fingerprint density at radius 2 is 2.22 bits per heavy atom. The Morgan fingerprint density at radius 1 is 1.39 bits per heavy atom. The predicted octanol–water partition coefficient (Wildman–Crippen LogP) is 2.06. The number of nitrogens with two attached hydrogens (primary N) is 1. The summed E-state index contributed by atoms with van der Waals surface area (Å²) in [7, 11) is 0. The van der Waals surface area contributed by atoms with Crippen LogP contribution in [0.3, 0.4) is 0 Å². The molecule has 0 aliphatic rings. The van der Waals surface area contributed by atoms with E-state index in [1.165, 1.54) is 11.3 Å². The van der Waals surface area contributed by atoms with Gasteiger partial charge in [0.2, 0.25) is 0 Å². The van der Waals surface area contributed by atoms with Gasteiger partial charge in [-0.1, -0.05) is 6.92 Å². The molecule has 2 rings (SSSR count). The number of carbonyl (C=O) groups is 1. The lowest BCUT2D eigenvalue weighted by atomic mass is 10.3. The zero-order chi connectivity index (χ0) is 13.0. The number of hydrogen-bond donors (Lipinski definition) is 2. The number of nitrogens with one attached hydrogen (secondary N) is 1.